The van der Waals surface area contributed by atoms with Crippen molar-refractivity contribution < 1.29 is 27.9 Å². The van der Waals surface area contributed by atoms with Crippen molar-refractivity contribution in [3.63, 3.8) is 0 Å². The van der Waals surface area contributed by atoms with Gasteiger partial charge < -0.3 is 19.6 Å². The van der Waals surface area contributed by atoms with E-state index in [0.29, 0.717) is 0 Å². The molecule has 0 saturated carbocycles. The molecule has 132 valence electrons. The molecule has 7 heteroatoms. The molecule has 23 heavy (non-hydrogen) atoms. The van der Waals surface area contributed by atoms with Crippen LogP contribution in [0.2, 0.25) is 0 Å². The van der Waals surface area contributed by atoms with Gasteiger partial charge in [-0.3, -0.25) is 0 Å². The van der Waals surface area contributed by atoms with Gasteiger partial charge in [-0.25, -0.2) is 13.6 Å². The third-order valence-electron chi connectivity index (χ3n) is 2.25. The van der Waals surface area contributed by atoms with Crippen LogP contribution in [-0.2, 0) is 14.3 Å². The van der Waals surface area contributed by atoms with Gasteiger partial charge in [-0.15, -0.1) is 0 Å². The summed E-state index contributed by atoms with van der Waals surface area (Å²) in [6.45, 7) is 7.81. The van der Waals surface area contributed by atoms with E-state index in [2.05, 4.69) is 23.9 Å². The lowest BCUT2D eigenvalue weighted by molar-refractivity contribution is -0.106. The summed E-state index contributed by atoms with van der Waals surface area (Å²) < 4.78 is 30.7. The van der Waals surface area contributed by atoms with Crippen LogP contribution in [0.15, 0.2) is 12.1 Å². The van der Waals surface area contributed by atoms with Crippen molar-refractivity contribution in [2.75, 3.05) is 19.5 Å². The van der Waals surface area contributed by atoms with E-state index >= 15 is 0 Å². The Labute approximate surface area is 136 Å². The number of hydrogen-bond acceptors (Lipinski definition) is 5. The minimum absolute atomic E-state index is 0.0480. The molecule has 1 aromatic carbocycles. The van der Waals surface area contributed by atoms with Gasteiger partial charge in [0.2, 0.25) is 0 Å². The molecular formula is C16H25F2NO4. The van der Waals surface area contributed by atoms with Crippen LogP contribution in [0.5, 0.6) is 0 Å². The Morgan fingerprint density at radius 2 is 1.70 bits per heavy atom. The molecule has 0 spiro atoms. The Bertz CT molecular complexity index is 452. The number of esters is 1. The smallest absolute Gasteiger partial charge is 0.343 e. The van der Waals surface area contributed by atoms with Crippen molar-refractivity contribution >= 4 is 24.7 Å². The van der Waals surface area contributed by atoms with E-state index in [0.717, 1.165) is 19.5 Å². The number of carbonyl (C=O) groups excluding carboxylic acids is 3. The Morgan fingerprint density at radius 1 is 1.26 bits per heavy atom. The molecule has 1 N–H and O–H groups in total. The number of methoxy groups -OCH3 is 1. The molecule has 0 saturated heterocycles. The molecule has 0 aliphatic carbocycles. The minimum atomic E-state index is -1.03. The van der Waals surface area contributed by atoms with E-state index in [9.17, 15) is 13.6 Å². The highest BCUT2D eigenvalue weighted by atomic mass is 19.1. The van der Waals surface area contributed by atoms with Crippen molar-refractivity contribution in [3.8, 4) is 0 Å². The fourth-order valence-electron chi connectivity index (χ4n) is 1.03. The number of aldehydes is 1. The molecule has 0 atom stereocenters. The van der Waals surface area contributed by atoms with Crippen LogP contribution < -0.4 is 5.32 Å². The van der Waals surface area contributed by atoms with Crippen LogP contribution >= 0.6 is 0 Å². The molecule has 0 aliphatic rings. The highest BCUT2D eigenvalue weighted by Crippen LogP contribution is 2.21. The standard InChI is InChI=1S/C9H9F2NO2.C4H10.C2H4O.CH2O/c1-12-6-4-3-5(10)7(8(6)11)9(13)14-2;1-3-4-2;1-2-3;1-2/h3-4,12H,1-2H3;3-4H2,1-2H3;2H,1H3;1H2. The molecule has 0 bridgehead atoms. The second-order valence-electron chi connectivity index (χ2n) is 3.76. The van der Waals surface area contributed by atoms with Gasteiger partial charge in [0, 0.05) is 7.05 Å². The van der Waals surface area contributed by atoms with Gasteiger partial charge in [-0.1, -0.05) is 26.7 Å². The number of rotatable bonds is 3. The van der Waals surface area contributed by atoms with Crippen LogP contribution in [0.4, 0.5) is 14.5 Å². The predicted octanol–water partition coefficient (Wildman–Crippen LogP) is 3.62. The number of halogens is 2. The van der Waals surface area contributed by atoms with Crippen molar-refractivity contribution in [2.24, 2.45) is 0 Å². The molecule has 5 nitrogen and oxygen atoms in total. The fraction of sp³-hybridized carbons (Fsp3) is 0.438. The Balaban J connectivity index is -0.000000372. The van der Waals surface area contributed by atoms with Gasteiger partial charge in [-0.05, 0) is 19.1 Å². The maximum absolute atomic E-state index is 13.4. The van der Waals surface area contributed by atoms with Crippen LogP contribution in [0, 0.1) is 11.6 Å². The first-order valence-corrected chi connectivity index (χ1v) is 6.87. The highest BCUT2D eigenvalue weighted by molar-refractivity contribution is 5.91. The third-order valence-corrected chi connectivity index (χ3v) is 2.25. The van der Waals surface area contributed by atoms with E-state index in [1.54, 1.807) is 0 Å². The molecule has 1 rings (SSSR count). The Kier molecular flexibility index (Phi) is 19.8. The quantitative estimate of drug-likeness (QED) is 0.675. The van der Waals surface area contributed by atoms with Crippen molar-refractivity contribution in [1.29, 1.82) is 0 Å². The largest absolute Gasteiger partial charge is 0.465 e. The topological polar surface area (TPSA) is 72.5 Å². The van der Waals surface area contributed by atoms with Crippen molar-refractivity contribution in [2.45, 2.75) is 33.6 Å². The van der Waals surface area contributed by atoms with E-state index in [4.69, 9.17) is 9.59 Å². The highest BCUT2D eigenvalue weighted by Gasteiger charge is 2.20. The molecular weight excluding hydrogens is 308 g/mol. The number of nitrogens with one attached hydrogen (secondary N) is 1. The third kappa shape index (κ3) is 11.0. The maximum atomic E-state index is 13.4. The average molecular weight is 333 g/mol. The van der Waals surface area contributed by atoms with Crippen LogP contribution in [0.1, 0.15) is 44.0 Å². The van der Waals surface area contributed by atoms with Gasteiger partial charge >= 0.3 is 5.97 Å². The van der Waals surface area contributed by atoms with Crippen LogP contribution in [0.3, 0.4) is 0 Å². The first-order valence-electron chi connectivity index (χ1n) is 6.87. The normalized spacial score (nSPS) is 7.96. The van der Waals surface area contributed by atoms with Crippen LogP contribution in [-0.4, -0.2) is 33.2 Å². The SMILES string of the molecule is C=O.CC=O.CCCC.CNc1ccc(F)c(C(=O)OC)c1F. The summed E-state index contributed by atoms with van der Waals surface area (Å²) >= 11 is 0. The van der Waals surface area contributed by atoms with Gasteiger partial charge in [0.15, 0.2) is 5.82 Å². The average Bonchev–Trinajstić information content (AvgIpc) is 2.57. The van der Waals surface area contributed by atoms with Crippen LogP contribution in [0.25, 0.3) is 0 Å². The molecule has 0 radical (unpaired) electrons. The van der Waals surface area contributed by atoms with Gasteiger partial charge in [0.1, 0.15) is 24.5 Å². The summed E-state index contributed by atoms with van der Waals surface area (Å²) in [5.41, 5.74) is -0.633. The number of benzene rings is 1. The lowest BCUT2D eigenvalue weighted by Crippen LogP contribution is -2.09. The molecule has 0 aliphatic heterocycles. The van der Waals surface area contributed by atoms with Crippen molar-refractivity contribution in [1.82, 2.24) is 0 Å². The van der Waals surface area contributed by atoms with Gasteiger partial charge in [0.25, 0.3) is 0 Å². The summed E-state index contributed by atoms with van der Waals surface area (Å²) in [5.74, 6) is -2.91. The zero-order chi connectivity index (χ0) is 18.8. The number of unbranched alkanes of at least 4 members (excludes halogenated alkanes) is 1. The molecule has 0 aromatic heterocycles. The Morgan fingerprint density at radius 3 is 2.00 bits per heavy atom. The van der Waals surface area contributed by atoms with Gasteiger partial charge in [0.05, 0.1) is 12.8 Å². The van der Waals surface area contributed by atoms with Crippen molar-refractivity contribution in [3.05, 3.63) is 29.3 Å². The zero-order valence-corrected chi connectivity index (χ0v) is 14.2. The lowest BCUT2D eigenvalue weighted by Gasteiger charge is -2.06. The second kappa shape index (κ2) is 17.7. The van der Waals surface area contributed by atoms with E-state index in [1.807, 2.05) is 6.79 Å². The molecule has 0 unspecified atom stereocenters. The number of hydrogen-bond donors (Lipinski definition) is 1. The summed E-state index contributed by atoms with van der Waals surface area (Å²) in [7, 11) is 2.53. The molecule has 0 heterocycles. The maximum Gasteiger partial charge on any atom is 0.343 e. The summed E-state index contributed by atoms with van der Waals surface area (Å²) in [6, 6.07) is 2.21. The summed E-state index contributed by atoms with van der Waals surface area (Å²) in [6.07, 6.45) is 3.39. The number of carbonyl (C=O) groups is 3. The van der Waals surface area contributed by atoms with Gasteiger partial charge in [-0.2, -0.15) is 0 Å². The first-order chi connectivity index (χ1) is 10.9. The van der Waals surface area contributed by atoms with E-state index < -0.39 is 23.2 Å². The summed E-state index contributed by atoms with van der Waals surface area (Å²) in [4.78, 5) is 27.8. The number of ether oxygens (including phenoxy) is 1. The minimum Gasteiger partial charge on any atom is -0.465 e. The first kappa shape index (κ1) is 25.6. The zero-order valence-electron chi connectivity index (χ0n) is 14.2. The molecule has 0 amide bonds. The summed E-state index contributed by atoms with van der Waals surface area (Å²) in [5, 5.41) is 2.49. The Hall–Kier alpha value is -2.31. The fourth-order valence-corrected chi connectivity index (χ4v) is 1.03. The molecule has 1 aromatic rings. The number of anilines is 1. The monoisotopic (exact) mass is 333 g/mol. The second-order valence-corrected chi connectivity index (χ2v) is 3.76. The van der Waals surface area contributed by atoms with E-state index in [1.165, 1.54) is 32.9 Å². The predicted molar refractivity (Wildman–Crippen MR) is 86.7 cm³/mol. The molecule has 0 fully saturated rings. The lowest BCUT2D eigenvalue weighted by atomic mass is 10.1. The van der Waals surface area contributed by atoms with E-state index in [-0.39, 0.29) is 5.69 Å².